The van der Waals surface area contributed by atoms with Crippen molar-refractivity contribution in [2.45, 2.75) is 6.42 Å². The van der Waals surface area contributed by atoms with Gasteiger partial charge in [0.25, 0.3) is 0 Å². The second kappa shape index (κ2) is 5.27. The molecule has 0 amide bonds. The van der Waals surface area contributed by atoms with Gasteiger partial charge in [-0.1, -0.05) is 11.6 Å². The van der Waals surface area contributed by atoms with Crippen molar-refractivity contribution in [2.24, 2.45) is 7.05 Å². The number of aryl methyl sites for hydroxylation is 1. The molecule has 96 valence electrons. The summed E-state index contributed by atoms with van der Waals surface area (Å²) in [5.41, 5.74) is 6.50. The summed E-state index contributed by atoms with van der Waals surface area (Å²) in [7, 11) is 1.77. The molecule has 2 N–H and O–H groups in total. The van der Waals surface area contributed by atoms with Crippen molar-refractivity contribution < 1.29 is 9.13 Å². The van der Waals surface area contributed by atoms with Crippen molar-refractivity contribution in [1.82, 2.24) is 9.78 Å². The Bertz CT molecular complexity index is 537. The smallest absolute Gasteiger partial charge is 0.138 e. The average molecular weight is 270 g/mol. The summed E-state index contributed by atoms with van der Waals surface area (Å²) in [5, 5.41) is 4.46. The molecular formula is C12H13ClFN3O. The number of benzene rings is 1. The van der Waals surface area contributed by atoms with Gasteiger partial charge in [-0.15, -0.1) is 0 Å². The van der Waals surface area contributed by atoms with Crippen LogP contribution in [0.3, 0.4) is 0 Å². The van der Waals surface area contributed by atoms with Crippen LogP contribution in [0.4, 0.5) is 10.2 Å². The minimum Gasteiger partial charge on any atom is -0.492 e. The van der Waals surface area contributed by atoms with Gasteiger partial charge in [0.05, 0.1) is 17.3 Å². The van der Waals surface area contributed by atoms with Crippen molar-refractivity contribution in [3.05, 3.63) is 40.8 Å². The number of rotatable bonds is 4. The summed E-state index contributed by atoms with van der Waals surface area (Å²) in [6, 6.07) is 5.82. The molecule has 2 aromatic rings. The SMILES string of the molecule is Cn1nc(CCOc2ccc(F)cc2Cl)cc1N. The molecule has 0 fully saturated rings. The predicted octanol–water partition coefficient (Wildman–Crippen LogP) is 2.42. The van der Waals surface area contributed by atoms with E-state index in [-0.39, 0.29) is 10.8 Å². The van der Waals surface area contributed by atoms with Gasteiger partial charge >= 0.3 is 0 Å². The van der Waals surface area contributed by atoms with Crippen LogP contribution in [0.5, 0.6) is 5.75 Å². The van der Waals surface area contributed by atoms with E-state index in [0.29, 0.717) is 24.6 Å². The lowest BCUT2D eigenvalue weighted by Crippen LogP contribution is -2.03. The van der Waals surface area contributed by atoms with Crippen LogP contribution < -0.4 is 10.5 Å². The van der Waals surface area contributed by atoms with Gasteiger partial charge in [-0.3, -0.25) is 4.68 Å². The summed E-state index contributed by atoms with van der Waals surface area (Å²) in [6.07, 6.45) is 0.610. The van der Waals surface area contributed by atoms with Gasteiger partial charge in [0.1, 0.15) is 17.4 Å². The lowest BCUT2D eigenvalue weighted by atomic mass is 10.3. The van der Waals surface area contributed by atoms with E-state index in [1.54, 1.807) is 17.8 Å². The second-order valence-corrected chi connectivity index (χ2v) is 4.26. The summed E-state index contributed by atoms with van der Waals surface area (Å²) < 4.78 is 19.9. The number of hydrogen-bond acceptors (Lipinski definition) is 3. The molecule has 6 heteroatoms. The lowest BCUT2D eigenvalue weighted by molar-refractivity contribution is 0.320. The average Bonchev–Trinajstić information content (AvgIpc) is 2.61. The number of nitrogen functional groups attached to an aromatic ring is 1. The third-order valence-electron chi connectivity index (χ3n) is 2.48. The molecule has 0 aliphatic carbocycles. The molecule has 18 heavy (non-hydrogen) atoms. The number of halogens is 2. The van der Waals surface area contributed by atoms with Crippen molar-refractivity contribution in [2.75, 3.05) is 12.3 Å². The fourth-order valence-corrected chi connectivity index (χ4v) is 1.75. The molecule has 0 bridgehead atoms. The Kier molecular flexibility index (Phi) is 3.72. The number of anilines is 1. The fraction of sp³-hybridized carbons (Fsp3) is 0.250. The van der Waals surface area contributed by atoms with Gasteiger partial charge in [-0.25, -0.2) is 4.39 Å². The van der Waals surface area contributed by atoms with Gasteiger partial charge in [0, 0.05) is 19.5 Å². The largest absolute Gasteiger partial charge is 0.492 e. The Labute approximate surface area is 109 Å². The third kappa shape index (κ3) is 2.92. The minimum absolute atomic E-state index is 0.260. The quantitative estimate of drug-likeness (QED) is 0.927. The highest BCUT2D eigenvalue weighted by Gasteiger charge is 2.05. The molecule has 0 spiro atoms. The van der Waals surface area contributed by atoms with Gasteiger partial charge in [-0.05, 0) is 18.2 Å². The zero-order valence-corrected chi connectivity index (χ0v) is 10.6. The molecule has 4 nitrogen and oxygen atoms in total. The van der Waals surface area contributed by atoms with Crippen molar-refractivity contribution in [3.8, 4) is 5.75 Å². The Morgan fingerprint density at radius 1 is 1.44 bits per heavy atom. The summed E-state index contributed by atoms with van der Waals surface area (Å²) >= 11 is 5.84. The molecule has 0 radical (unpaired) electrons. The Balaban J connectivity index is 1.92. The summed E-state index contributed by atoms with van der Waals surface area (Å²) in [6.45, 7) is 0.405. The highest BCUT2D eigenvalue weighted by Crippen LogP contribution is 2.24. The highest BCUT2D eigenvalue weighted by atomic mass is 35.5. The van der Waals surface area contributed by atoms with E-state index in [1.807, 2.05) is 0 Å². The first-order valence-corrected chi connectivity index (χ1v) is 5.80. The summed E-state index contributed by atoms with van der Waals surface area (Å²) in [5.74, 6) is 0.677. The van der Waals surface area contributed by atoms with Crippen LogP contribution in [-0.4, -0.2) is 16.4 Å². The van der Waals surface area contributed by atoms with Gasteiger partial charge in [-0.2, -0.15) is 5.10 Å². The monoisotopic (exact) mass is 269 g/mol. The van der Waals surface area contributed by atoms with Crippen LogP contribution in [0.1, 0.15) is 5.69 Å². The van der Waals surface area contributed by atoms with Crippen LogP contribution in [0.15, 0.2) is 24.3 Å². The van der Waals surface area contributed by atoms with E-state index in [4.69, 9.17) is 22.1 Å². The first-order valence-electron chi connectivity index (χ1n) is 5.42. The molecule has 0 aliphatic heterocycles. The molecular weight excluding hydrogens is 257 g/mol. The number of aromatic nitrogens is 2. The van der Waals surface area contributed by atoms with Crippen molar-refractivity contribution in [1.29, 1.82) is 0 Å². The first kappa shape index (κ1) is 12.7. The lowest BCUT2D eigenvalue weighted by Gasteiger charge is -2.06. The molecule has 0 atom stereocenters. The van der Waals surface area contributed by atoms with Crippen LogP contribution in [0.2, 0.25) is 5.02 Å². The molecule has 1 aromatic heterocycles. The molecule has 0 unspecified atom stereocenters. The van der Waals surface area contributed by atoms with Crippen LogP contribution in [0.25, 0.3) is 0 Å². The zero-order chi connectivity index (χ0) is 13.1. The van der Waals surface area contributed by atoms with E-state index < -0.39 is 0 Å². The predicted molar refractivity (Wildman–Crippen MR) is 68.2 cm³/mol. The fourth-order valence-electron chi connectivity index (χ4n) is 1.52. The van der Waals surface area contributed by atoms with E-state index in [9.17, 15) is 4.39 Å². The Morgan fingerprint density at radius 3 is 2.83 bits per heavy atom. The maximum absolute atomic E-state index is 12.8. The van der Waals surface area contributed by atoms with Crippen LogP contribution in [0, 0.1) is 5.82 Å². The molecule has 2 rings (SSSR count). The number of ether oxygens (including phenoxy) is 1. The maximum Gasteiger partial charge on any atom is 0.138 e. The van der Waals surface area contributed by atoms with E-state index in [2.05, 4.69) is 5.10 Å². The van der Waals surface area contributed by atoms with Crippen molar-refractivity contribution in [3.63, 3.8) is 0 Å². The van der Waals surface area contributed by atoms with E-state index in [0.717, 1.165) is 5.69 Å². The Morgan fingerprint density at radius 2 is 2.22 bits per heavy atom. The summed E-state index contributed by atoms with van der Waals surface area (Å²) in [4.78, 5) is 0. The van der Waals surface area contributed by atoms with Gasteiger partial charge in [0.15, 0.2) is 0 Å². The normalized spacial score (nSPS) is 10.6. The van der Waals surface area contributed by atoms with Crippen LogP contribution in [-0.2, 0) is 13.5 Å². The molecule has 0 saturated heterocycles. The zero-order valence-electron chi connectivity index (χ0n) is 9.86. The highest BCUT2D eigenvalue weighted by molar-refractivity contribution is 6.32. The van der Waals surface area contributed by atoms with Gasteiger partial charge < -0.3 is 10.5 Å². The molecule has 0 saturated carbocycles. The standard InChI is InChI=1S/C12H13ClFN3O/c1-17-12(15)7-9(16-17)4-5-18-11-3-2-8(14)6-10(11)13/h2-3,6-7H,4-5,15H2,1H3. The number of nitrogens with two attached hydrogens (primary N) is 1. The Hall–Kier alpha value is -1.75. The molecule has 0 aliphatic rings. The topological polar surface area (TPSA) is 53.1 Å². The first-order chi connectivity index (χ1) is 8.56. The number of nitrogens with zero attached hydrogens (tertiary/aromatic N) is 2. The van der Waals surface area contributed by atoms with Crippen LogP contribution >= 0.6 is 11.6 Å². The second-order valence-electron chi connectivity index (χ2n) is 3.86. The number of hydrogen-bond donors (Lipinski definition) is 1. The third-order valence-corrected chi connectivity index (χ3v) is 2.77. The van der Waals surface area contributed by atoms with Gasteiger partial charge in [0.2, 0.25) is 0 Å². The van der Waals surface area contributed by atoms with E-state index >= 15 is 0 Å². The maximum atomic E-state index is 12.8. The van der Waals surface area contributed by atoms with Crippen molar-refractivity contribution >= 4 is 17.4 Å². The van der Waals surface area contributed by atoms with E-state index in [1.165, 1.54) is 18.2 Å². The molecule has 1 heterocycles. The minimum atomic E-state index is -0.384. The molecule has 1 aromatic carbocycles.